The molecule has 2 heterocycles. The molecule has 0 unspecified atom stereocenters. The number of hydrogen-bond acceptors (Lipinski definition) is 8. The summed E-state index contributed by atoms with van der Waals surface area (Å²) in [6.07, 6.45) is 0.895. The number of H-pyrrole nitrogens is 1. The standard InChI is InChI=1S/C16H20N6O4/c1-16(2,3)25-15(23)22(4)8-11-13(10(6-17)20-21-11)9-5-12(26-24)14(18)19-7-9/h5,7,24H,8H2,1-4H3,(H2,18,19)(H,20,21). The molecule has 0 saturated carbocycles. The Hall–Kier alpha value is -3.32. The molecule has 0 aromatic carbocycles. The van der Waals surface area contributed by atoms with E-state index in [0.717, 1.165) is 0 Å². The third kappa shape index (κ3) is 4.20. The summed E-state index contributed by atoms with van der Waals surface area (Å²) < 4.78 is 5.31. The highest BCUT2D eigenvalue weighted by Crippen LogP contribution is 2.31. The van der Waals surface area contributed by atoms with Crippen LogP contribution < -0.4 is 10.6 Å². The fraction of sp³-hybridized carbons (Fsp3) is 0.375. The highest BCUT2D eigenvalue weighted by atomic mass is 17.1. The lowest BCUT2D eigenvalue weighted by molar-refractivity contribution is -0.137. The minimum Gasteiger partial charge on any atom is -0.444 e. The zero-order valence-corrected chi connectivity index (χ0v) is 14.9. The van der Waals surface area contributed by atoms with Crippen molar-refractivity contribution in [2.45, 2.75) is 32.9 Å². The van der Waals surface area contributed by atoms with E-state index < -0.39 is 11.7 Å². The minimum atomic E-state index is -0.631. The van der Waals surface area contributed by atoms with E-state index in [9.17, 15) is 10.1 Å². The average molecular weight is 360 g/mol. The van der Waals surface area contributed by atoms with Gasteiger partial charge in [-0.3, -0.25) is 5.10 Å². The first-order valence-corrected chi connectivity index (χ1v) is 7.65. The highest BCUT2D eigenvalue weighted by Gasteiger charge is 2.23. The van der Waals surface area contributed by atoms with E-state index in [1.54, 1.807) is 27.8 Å². The van der Waals surface area contributed by atoms with Crippen LogP contribution in [0.15, 0.2) is 12.3 Å². The molecule has 138 valence electrons. The Morgan fingerprint density at radius 1 is 1.50 bits per heavy atom. The maximum Gasteiger partial charge on any atom is 0.410 e. The number of amides is 1. The predicted molar refractivity (Wildman–Crippen MR) is 91.9 cm³/mol. The zero-order valence-electron chi connectivity index (χ0n) is 14.9. The van der Waals surface area contributed by atoms with Crippen LogP contribution in [-0.2, 0) is 11.3 Å². The Bertz CT molecular complexity index is 849. The van der Waals surface area contributed by atoms with Crippen molar-refractivity contribution < 1.29 is 19.7 Å². The van der Waals surface area contributed by atoms with Gasteiger partial charge in [0.05, 0.1) is 12.2 Å². The van der Waals surface area contributed by atoms with Gasteiger partial charge in [-0.15, -0.1) is 0 Å². The van der Waals surface area contributed by atoms with Crippen LogP contribution in [0.5, 0.6) is 5.75 Å². The van der Waals surface area contributed by atoms with Gasteiger partial charge in [0.25, 0.3) is 0 Å². The van der Waals surface area contributed by atoms with Crippen LogP contribution in [-0.4, -0.2) is 44.1 Å². The van der Waals surface area contributed by atoms with E-state index in [-0.39, 0.29) is 23.8 Å². The molecule has 2 aromatic heterocycles. The van der Waals surface area contributed by atoms with Crippen molar-refractivity contribution in [1.29, 1.82) is 5.26 Å². The number of aromatic amines is 1. The van der Waals surface area contributed by atoms with Crippen LogP contribution in [0.4, 0.5) is 10.6 Å². The van der Waals surface area contributed by atoms with E-state index in [1.165, 1.54) is 17.2 Å². The molecule has 0 spiro atoms. The van der Waals surface area contributed by atoms with Crippen molar-refractivity contribution in [2.24, 2.45) is 0 Å². The van der Waals surface area contributed by atoms with Crippen LogP contribution in [0, 0.1) is 11.3 Å². The summed E-state index contributed by atoms with van der Waals surface area (Å²) >= 11 is 0. The molecule has 1 amide bonds. The van der Waals surface area contributed by atoms with Crippen LogP contribution in [0.25, 0.3) is 11.1 Å². The van der Waals surface area contributed by atoms with Crippen molar-refractivity contribution in [3.63, 3.8) is 0 Å². The lowest BCUT2D eigenvalue weighted by Gasteiger charge is -2.24. The first-order chi connectivity index (χ1) is 12.2. The van der Waals surface area contributed by atoms with Gasteiger partial charge >= 0.3 is 6.09 Å². The summed E-state index contributed by atoms with van der Waals surface area (Å²) in [6.45, 7) is 5.42. The van der Waals surface area contributed by atoms with E-state index >= 15 is 0 Å². The number of anilines is 1. The molecule has 2 rings (SSSR count). The van der Waals surface area contributed by atoms with Gasteiger partial charge in [-0.2, -0.15) is 10.4 Å². The number of carbonyl (C=O) groups excluding carboxylic acids is 1. The number of nitrogens with one attached hydrogen (secondary N) is 1. The number of pyridine rings is 1. The molecule has 0 atom stereocenters. The second-order valence-electron chi connectivity index (χ2n) is 6.57. The third-order valence-corrected chi connectivity index (χ3v) is 3.32. The molecule has 10 heteroatoms. The molecule has 0 aliphatic rings. The minimum absolute atomic E-state index is 0.00863. The predicted octanol–water partition coefficient (Wildman–Crippen LogP) is 2.14. The number of ether oxygens (including phenoxy) is 1. The summed E-state index contributed by atoms with van der Waals surface area (Å²) in [4.78, 5) is 21.6. The van der Waals surface area contributed by atoms with Crippen LogP contribution in [0.2, 0.25) is 0 Å². The number of nitrogen functional groups attached to an aromatic ring is 1. The summed E-state index contributed by atoms with van der Waals surface area (Å²) in [7, 11) is 1.56. The Labute approximate surface area is 150 Å². The average Bonchev–Trinajstić information content (AvgIpc) is 2.96. The largest absolute Gasteiger partial charge is 0.444 e. The zero-order chi connectivity index (χ0) is 19.5. The molecule has 0 aliphatic heterocycles. The van der Waals surface area contributed by atoms with Gasteiger partial charge in [0.15, 0.2) is 11.5 Å². The van der Waals surface area contributed by atoms with Crippen molar-refractivity contribution in [3.8, 4) is 22.9 Å². The molecular formula is C16H20N6O4. The number of nitrogens with zero attached hydrogens (tertiary/aromatic N) is 4. The maximum atomic E-state index is 12.2. The normalized spacial score (nSPS) is 10.9. The number of carbonyl (C=O) groups is 1. The van der Waals surface area contributed by atoms with Gasteiger partial charge in [-0.1, -0.05) is 0 Å². The summed E-state index contributed by atoms with van der Waals surface area (Å²) in [6, 6.07) is 3.39. The molecule has 0 bridgehead atoms. The summed E-state index contributed by atoms with van der Waals surface area (Å²) in [5.74, 6) is -0.0651. The van der Waals surface area contributed by atoms with Crippen LogP contribution in [0.1, 0.15) is 32.2 Å². The van der Waals surface area contributed by atoms with E-state index in [1.807, 2.05) is 6.07 Å². The number of nitriles is 1. The molecule has 26 heavy (non-hydrogen) atoms. The molecule has 0 aliphatic carbocycles. The van der Waals surface area contributed by atoms with Gasteiger partial charge in [0.1, 0.15) is 11.7 Å². The maximum absolute atomic E-state index is 12.2. The van der Waals surface area contributed by atoms with Gasteiger partial charge in [-0.25, -0.2) is 15.0 Å². The quantitative estimate of drug-likeness (QED) is 0.554. The highest BCUT2D eigenvalue weighted by molar-refractivity contribution is 5.74. The first-order valence-electron chi connectivity index (χ1n) is 7.65. The van der Waals surface area contributed by atoms with E-state index in [4.69, 9.17) is 15.7 Å². The Morgan fingerprint density at radius 3 is 2.77 bits per heavy atom. The van der Waals surface area contributed by atoms with Crippen molar-refractivity contribution >= 4 is 11.9 Å². The van der Waals surface area contributed by atoms with Crippen molar-refractivity contribution in [3.05, 3.63) is 23.7 Å². The monoisotopic (exact) mass is 360 g/mol. The molecule has 0 radical (unpaired) electrons. The summed E-state index contributed by atoms with van der Waals surface area (Å²) in [5.41, 5.74) is 6.42. The Kier molecular flexibility index (Phi) is 5.33. The molecule has 10 nitrogen and oxygen atoms in total. The van der Waals surface area contributed by atoms with E-state index in [0.29, 0.717) is 16.8 Å². The Balaban J connectivity index is 2.36. The number of hydrogen-bond donors (Lipinski definition) is 3. The van der Waals surface area contributed by atoms with Crippen LogP contribution >= 0.6 is 0 Å². The fourth-order valence-electron chi connectivity index (χ4n) is 2.19. The van der Waals surface area contributed by atoms with Crippen molar-refractivity contribution in [1.82, 2.24) is 20.1 Å². The van der Waals surface area contributed by atoms with Gasteiger partial charge in [0.2, 0.25) is 5.75 Å². The van der Waals surface area contributed by atoms with Gasteiger partial charge in [-0.05, 0) is 26.8 Å². The molecule has 2 aromatic rings. The van der Waals surface area contributed by atoms with Crippen LogP contribution in [0.3, 0.4) is 0 Å². The second kappa shape index (κ2) is 7.28. The summed E-state index contributed by atoms with van der Waals surface area (Å²) in [5, 5.41) is 24.9. The third-order valence-electron chi connectivity index (χ3n) is 3.32. The Morgan fingerprint density at radius 2 is 2.19 bits per heavy atom. The molecule has 0 fully saturated rings. The smallest absolute Gasteiger partial charge is 0.410 e. The van der Waals surface area contributed by atoms with E-state index in [2.05, 4.69) is 20.1 Å². The van der Waals surface area contributed by atoms with Gasteiger partial charge < -0.3 is 20.3 Å². The number of rotatable bonds is 4. The number of aromatic nitrogens is 3. The van der Waals surface area contributed by atoms with Gasteiger partial charge in [0, 0.05) is 24.4 Å². The number of nitrogens with two attached hydrogens (primary N) is 1. The molecular weight excluding hydrogens is 340 g/mol. The SMILES string of the molecule is CN(Cc1[nH]nc(C#N)c1-c1cnc(N)c(OO)c1)C(=O)OC(C)(C)C. The first kappa shape index (κ1) is 19.0. The topological polar surface area (TPSA) is 150 Å². The lowest BCUT2D eigenvalue weighted by Crippen LogP contribution is -2.34. The second-order valence-corrected chi connectivity index (χ2v) is 6.57. The lowest BCUT2D eigenvalue weighted by atomic mass is 10.0. The fourth-order valence-corrected chi connectivity index (χ4v) is 2.19. The molecule has 4 N–H and O–H groups in total. The molecule has 0 saturated heterocycles. The van der Waals surface area contributed by atoms with Crippen molar-refractivity contribution in [2.75, 3.05) is 12.8 Å².